The van der Waals surface area contributed by atoms with Crippen molar-refractivity contribution in [3.63, 3.8) is 0 Å². The van der Waals surface area contributed by atoms with Crippen molar-refractivity contribution in [3.05, 3.63) is 0 Å². The first-order valence-corrected chi connectivity index (χ1v) is 11.5. The van der Waals surface area contributed by atoms with Crippen LogP contribution in [0.3, 0.4) is 0 Å². The van der Waals surface area contributed by atoms with Crippen LogP contribution in [-0.2, 0) is 14.3 Å². The van der Waals surface area contributed by atoms with E-state index in [4.69, 9.17) is 4.74 Å². The molecular formula is C23H46O4. The molecule has 1 N–H and O–H groups in total. The normalized spacial score (nSPS) is 13.5. The molecule has 0 fully saturated rings. The Morgan fingerprint density at radius 1 is 0.778 bits per heavy atom. The Bertz CT molecular complexity index is 320. The molecule has 0 saturated carbocycles. The van der Waals surface area contributed by atoms with E-state index in [-0.39, 0.29) is 18.2 Å². The van der Waals surface area contributed by atoms with E-state index in [2.05, 4.69) is 18.6 Å². The number of methoxy groups -OCH3 is 1. The molecule has 0 aliphatic rings. The van der Waals surface area contributed by atoms with Gasteiger partial charge in [-0.15, -0.1) is 0 Å². The molecule has 0 saturated heterocycles. The molecule has 0 heterocycles. The highest BCUT2D eigenvalue weighted by molar-refractivity contribution is 5.68. The minimum absolute atomic E-state index is 0.00190. The molecule has 0 spiro atoms. The summed E-state index contributed by atoms with van der Waals surface area (Å²) in [5.41, 5.74) is 0. The molecule has 0 rings (SSSR count). The standard InChI is InChI=1S/C23H46O4/c1-4-6-8-9-12-15-18-22(27-20-7-5-2)21(24)17-14-11-10-13-16-19-23(25)26-3/h21-22,24H,4-20H2,1-3H3. The number of carbonyl (C=O) groups is 1. The van der Waals surface area contributed by atoms with Crippen LogP contribution in [0.5, 0.6) is 0 Å². The maximum Gasteiger partial charge on any atom is 0.305 e. The Kier molecular flexibility index (Phi) is 19.7. The van der Waals surface area contributed by atoms with Gasteiger partial charge in [-0.2, -0.15) is 0 Å². The number of rotatable bonds is 20. The van der Waals surface area contributed by atoms with E-state index >= 15 is 0 Å². The van der Waals surface area contributed by atoms with Gasteiger partial charge in [-0.25, -0.2) is 0 Å². The lowest BCUT2D eigenvalue weighted by Crippen LogP contribution is -2.29. The van der Waals surface area contributed by atoms with Gasteiger partial charge in [0, 0.05) is 13.0 Å². The van der Waals surface area contributed by atoms with E-state index in [0.717, 1.165) is 70.8 Å². The van der Waals surface area contributed by atoms with E-state index in [0.29, 0.717) is 6.42 Å². The number of hydrogen-bond donors (Lipinski definition) is 1. The van der Waals surface area contributed by atoms with Crippen LogP contribution in [0.2, 0.25) is 0 Å². The predicted octanol–water partition coefficient (Wildman–Crippen LogP) is 6.19. The molecule has 2 atom stereocenters. The van der Waals surface area contributed by atoms with Crippen LogP contribution in [0.15, 0.2) is 0 Å². The SMILES string of the molecule is CCCCCCCCC(OCCCC)C(O)CCCCCCCC(=O)OC. The van der Waals surface area contributed by atoms with Crippen molar-refractivity contribution >= 4 is 5.97 Å². The Morgan fingerprint density at radius 3 is 1.96 bits per heavy atom. The van der Waals surface area contributed by atoms with Gasteiger partial charge < -0.3 is 14.6 Å². The fraction of sp³-hybridized carbons (Fsp3) is 0.957. The van der Waals surface area contributed by atoms with Gasteiger partial charge in [-0.1, -0.05) is 84.5 Å². The molecule has 0 aromatic heterocycles. The van der Waals surface area contributed by atoms with E-state index in [1.54, 1.807) is 0 Å². The number of ether oxygens (including phenoxy) is 2. The highest BCUT2D eigenvalue weighted by Gasteiger charge is 2.19. The van der Waals surface area contributed by atoms with E-state index in [1.165, 1.54) is 39.2 Å². The average Bonchev–Trinajstić information content (AvgIpc) is 2.68. The largest absolute Gasteiger partial charge is 0.469 e. The lowest BCUT2D eigenvalue weighted by atomic mass is 9.99. The first-order valence-electron chi connectivity index (χ1n) is 11.5. The summed E-state index contributed by atoms with van der Waals surface area (Å²) in [7, 11) is 1.44. The Balaban J connectivity index is 3.89. The number of esters is 1. The summed E-state index contributed by atoms with van der Waals surface area (Å²) in [4.78, 5) is 11.1. The Labute approximate surface area is 168 Å². The van der Waals surface area contributed by atoms with Crippen molar-refractivity contribution in [2.24, 2.45) is 0 Å². The monoisotopic (exact) mass is 386 g/mol. The van der Waals surface area contributed by atoms with Gasteiger partial charge in [-0.05, 0) is 25.7 Å². The molecule has 0 bridgehead atoms. The van der Waals surface area contributed by atoms with Crippen molar-refractivity contribution in [2.75, 3.05) is 13.7 Å². The summed E-state index contributed by atoms with van der Waals surface area (Å²) in [6.45, 7) is 5.18. The molecule has 162 valence electrons. The van der Waals surface area contributed by atoms with Gasteiger partial charge in [0.25, 0.3) is 0 Å². The van der Waals surface area contributed by atoms with Gasteiger partial charge in [0.05, 0.1) is 19.3 Å². The fourth-order valence-corrected chi connectivity index (χ4v) is 3.33. The second-order valence-corrected chi connectivity index (χ2v) is 7.77. The van der Waals surface area contributed by atoms with Gasteiger partial charge >= 0.3 is 5.97 Å². The third-order valence-corrected chi connectivity index (χ3v) is 5.21. The van der Waals surface area contributed by atoms with Crippen LogP contribution in [0.25, 0.3) is 0 Å². The molecule has 27 heavy (non-hydrogen) atoms. The zero-order valence-corrected chi connectivity index (χ0v) is 18.3. The predicted molar refractivity (Wildman–Crippen MR) is 113 cm³/mol. The van der Waals surface area contributed by atoms with Gasteiger partial charge in [0.2, 0.25) is 0 Å². The summed E-state index contributed by atoms with van der Waals surface area (Å²) in [5, 5.41) is 10.6. The van der Waals surface area contributed by atoms with Crippen LogP contribution < -0.4 is 0 Å². The van der Waals surface area contributed by atoms with Gasteiger partial charge in [0.15, 0.2) is 0 Å². The van der Waals surface area contributed by atoms with Crippen molar-refractivity contribution in [1.29, 1.82) is 0 Å². The zero-order chi connectivity index (χ0) is 20.2. The van der Waals surface area contributed by atoms with Crippen LogP contribution in [-0.4, -0.2) is 37.0 Å². The fourth-order valence-electron chi connectivity index (χ4n) is 3.33. The van der Waals surface area contributed by atoms with Crippen LogP contribution in [0.4, 0.5) is 0 Å². The number of carbonyl (C=O) groups excluding carboxylic acids is 1. The van der Waals surface area contributed by atoms with Crippen molar-refractivity contribution in [1.82, 2.24) is 0 Å². The molecule has 0 aliphatic heterocycles. The van der Waals surface area contributed by atoms with E-state index in [9.17, 15) is 9.90 Å². The van der Waals surface area contributed by atoms with Crippen molar-refractivity contribution in [2.45, 2.75) is 129 Å². The number of unbranched alkanes of at least 4 members (excludes halogenated alkanes) is 10. The third kappa shape index (κ3) is 17.2. The molecule has 0 aliphatic carbocycles. The van der Waals surface area contributed by atoms with Crippen molar-refractivity contribution in [3.8, 4) is 0 Å². The van der Waals surface area contributed by atoms with Crippen LogP contribution in [0, 0.1) is 0 Å². The Hall–Kier alpha value is -0.610. The topological polar surface area (TPSA) is 55.8 Å². The second kappa shape index (κ2) is 20.1. The van der Waals surface area contributed by atoms with E-state index < -0.39 is 0 Å². The molecule has 0 amide bonds. The lowest BCUT2D eigenvalue weighted by molar-refractivity contribution is -0.140. The second-order valence-electron chi connectivity index (χ2n) is 7.77. The first-order chi connectivity index (χ1) is 13.2. The maximum absolute atomic E-state index is 11.1. The molecule has 2 unspecified atom stereocenters. The summed E-state index contributed by atoms with van der Waals surface area (Å²) >= 11 is 0. The summed E-state index contributed by atoms with van der Waals surface area (Å²) in [5.74, 6) is -0.118. The number of aliphatic hydroxyl groups excluding tert-OH is 1. The zero-order valence-electron chi connectivity index (χ0n) is 18.3. The Morgan fingerprint density at radius 2 is 1.33 bits per heavy atom. The number of hydrogen-bond acceptors (Lipinski definition) is 4. The molecule has 4 nitrogen and oxygen atoms in total. The molecule has 0 aromatic carbocycles. The van der Waals surface area contributed by atoms with Crippen LogP contribution in [0.1, 0.15) is 117 Å². The van der Waals surface area contributed by atoms with Gasteiger partial charge in [0.1, 0.15) is 0 Å². The highest BCUT2D eigenvalue weighted by Crippen LogP contribution is 2.18. The minimum atomic E-state index is -0.340. The lowest BCUT2D eigenvalue weighted by Gasteiger charge is -2.23. The third-order valence-electron chi connectivity index (χ3n) is 5.21. The average molecular weight is 387 g/mol. The summed E-state index contributed by atoms with van der Waals surface area (Å²) in [6.07, 6.45) is 17.0. The van der Waals surface area contributed by atoms with Crippen LogP contribution >= 0.6 is 0 Å². The molecule has 0 radical (unpaired) electrons. The molecule has 0 aromatic rings. The minimum Gasteiger partial charge on any atom is -0.469 e. The smallest absolute Gasteiger partial charge is 0.305 e. The summed E-state index contributed by atoms with van der Waals surface area (Å²) in [6, 6.07) is 0. The molecule has 4 heteroatoms. The summed E-state index contributed by atoms with van der Waals surface area (Å²) < 4.78 is 10.7. The van der Waals surface area contributed by atoms with Gasteiger partial charge in [-0.3, -0.25) is 4.79 Å². The van der Waals surface area contributed by atoms with Crippen molar-refractivity contribution < 1.29 is 19.4 Å². The number of aliphatic hydroxyl groups is 1. The van der Waals surface area contributed by atoms with E-state index in [1.807, 2.05) is 0 Å². The highest BCUT2D eigenvalue weighted by atomic mass is 16.5. The maximum atomic E-state index is 11.1. The molecular weight excluding hydrogens is 340 g/mol. The quantitative estimate of drug-likeness (QED) is 0.200. The first kappa shape index (κ1) is 26.4.